The van der Waals surface area contributed by atoms with Crippen LogP contribution >= 0.6 is 0 Å². The number of alkyl halides is 3. The second-order valence-corrected chi connectivity index (χ2v) is 6.63. The molecule has 1 rings (SSSR count). The van der Waals surface area contributed by atoms with Gasteiger partial charge in [-0.3, -0.25) is 0 Å². The van der Waals surface area contributed by atoms with Gasteiger partial charge in [-0.15, -0.1) is 0 Å². The third-order valence-corrected chi connectivity index (χ3v) is 4.31. The van der Waals surface area contributed by atoms with E-state index in [-0.39, 0.29) is 17.4 Å². The molecule has 6 heteroatoms. The molecule has 0 aliphatic rings. The van der Waals surface area contributed by atoms with Crippen LogP contribution in [0.15, 0.2) is 54.6 Å². The molecule has 0 saturated heterocycles. The van der Waals surface area contributed by atoms with E-state index in [1.165, 1.54) is 24.3 Å². The van der Waals surface area contributed by atoms with E-state index in [0.29, 0.717) is 0 Å². The number of methoxy groups -OCH3 is 1. The van der Waals surface area contributed by atoms with Crippen molar-refractivity contribution >= 4 is 5.97 Å². The fourth-order valence-electron chi connectivity index (χ4n) is 2.90. The summed E-state index contributed by atoms with van der Waals surface area (Å²) in [4.78, 5) is 12.8. The van der Waals surface area contributed by atoms with Crippen LogP contribution in [0, 0.1) is 11.8 Å². The Balaban J connectivity index is 3.29. The van der Waals surface area contributed by atoms with Gasteiger partial charge < -0.3 is 9.47 Å². The third kappa shape index (κ3) is 5.22. The van der Waals surface area contributed by atoms with Crippen LogP contribution in [0.4, 0.5) is 13.2 Å². The SMILES string of the molecule is C/C=C/C=C/[C@H](C)[C@@H](OC(=O)[C@@](OC)(c1ccccc1)C(F)(F)F)C(C)C. The maximum absolute atomic E-state index is 14.0. The van der Waals surface area contributed by atoms with Crippen molar-refractivity contribution in [3.8, 4) is 0 Å². The van der Waals surface area contributed by atoms with Crippen LogP contribution in [0.2, 0.25) is 0 Å². The van der Waals surface area contributed by atoms with Crippen molar-refractivity contribution in [1.82, 2.24) is 0 Å². The van der Waals surface area contributed by atoms with Gasteiger partial charge in [0.05, 0.1) is 0 Å². The van der Waals surface area contributed by atoms with E-state index in [0.717, 1.165) is 7.11 Å². The molecular formula is C21H27F3O3. The van der Waals surface area contributed by atoms with Gasteiger partial charge in [0.25, 0.3) is 5.60 Å². The molecule has 0 aliphatic carbocycles. The molecule has 150 valence electrons. The van der Waals surface area contributed by atoms with Crippen molar-refractivity contribution in [2.75, 3.05) is 7.11 Å². The van der Waals surface area contributed by atoms with Gasteiger partial charge in [-0.25, -0.2) is 4.79 Å². The number of allylic oxidation sites excluding steroid dienone is 3. The third-order valence-electron chi connectivity index (χ3n) is 4.31. The summed E-state index contributed by atoms with van der Waals surface area (Å²) < 4.78 is 52.1. The average molecular weight is 384 g/mol. The first-order valence-electron chi connectivity index (χ1n) is 8.79. The van der Waals surface area contributed by atoms with Crippen molar-refractivity contribution < 1.29 is 27.4 Å². The molecule has 0 saturated carbocycles. The molecule has 1 aromatic rings. The molecule has 3 atom stereocenters. The Morgan fingerprint density at radius 1 is 1.07 bits per heavy atom. The molecule has 0 aromatic heterocycles. The Morgan fingerprint density at radius 2 is 1.67 bits per heavy atom. The summed E-state index contributed by atoms with van der Waals surface area (Å²) in [5.74, 6) is -1.92. The van der Waals surface area contributed by atoms with Crippen LogP contribution in [-0.2, 0) is 19.9 Å². The van der Waals surface area contributed by atoms with Crippen LogP contribution in [0.25, 0.3) is 0 Å². The number of halogens is 3. The van der Waals surface area contributed by atoms with Gasteiger partial charge in [0.2, 0.25) is 0 Å². The summed E-state index contributed by atoms with van der Waals surface area (Å²) >= 11 is 0. The van der Waals surface area contributed by atoms with Gasteiger partial charge in [-0.05, 0) is 12.8 Å². The zero-order chi connectivity index (χ0) is 20.7. The Labute approximate surface area is 158 Å². The number of rotatable bonds is 8. The number of benzene rings is 1. The fraction of sp³-hybridized carbons (Fsp3) is 0.476. The second-order valence-electron chi connectivity index (χ2n) is 6.63. The lowest BCUT2D eigenvalue weighted by atomic mass is 9.91. The monoisotopic (exact) mass is 384 g/mol. The number of hydrogen-bond acceptors (Lipinski definition) is 3. The molecule has 27 heavy (non-hydrogen) atoms. The second kappa shape index (κ2) is 9.74. The molecule has 0 unspecified atom stereocenters. The predicted molar refractivity (Wildman–Crippen MR) is 99.0 cm³/mol. The van der Waals surface area contributed by atoms with Gasteiger partial charge in [-0.1, -0.05) is 75.4 Å². The summed E-state index contributed by atoms with van der Waals surface area (Å²) in [6, 6.07) is 6.82. The minimum Gasteiger partial charge on any atom is -0.459 e. The minimum absolute atomic E-state index is 0.183. The number of carbonyl (C=O) groups is 1. The summed E-state index contributed by atoms with van der Waals surface area (Å²) in [6.07, 6.45) is 1.48. The van der Waals surface area contributed by atoms with E-state index in [9.17, 15) is 18.0 Å². The van der Waals surface area contributed by atoms with Gasteiger partial charge in [0.15, 0.2) is 0 Å². The zero-order valence-electron chi connectivity index (χ0n) is 16.3. The lowest BCUT2D eigenvalue weighted by molar-refractivity contribution is -0.279. The standard InChI is InChI=1S/C21H27F3O3/c1-6-7-9-12-16(4)18(15(2)3)27-19(25)20(26-5,21(22,23)24)17-13-10-8-11-14-17/h6-16,18H,1-5H3/b7-6+,12-9+/t16-,18-,20-/m0/s1. The number of hydrogen-bond donors (Lipinski definition) is 0. The normalized spacial score (nSPS) is 17.2. The van der Waals surface area contributed by atoms with Crippen molar-refractivity contribution in [1.29, 1.82) is 0 Å². The molecule has 0 aliphatic heterocycles. The maximum atomic E-state index is 14.0. The van der Waals surface area contributed by atoms with Crippen LogP contribution in [0.1, 0.15) is 33.3 Å². The predicted octanol–water partition coefficient (Wildman–Crippen LogP) is 5.43. The molecule has 3 nitrogen and oxygen atoms in total. The molecule has 0 amide bonds. The maximum Gasteiger partial charge on any atom is 0.432 e. The molecule has 1 aromatic carbocycles. The smallest absolute Gasteiger partial charge is 0.432 e. The Kier molecular flexibility index (Phi) is 8.28. The van der Waals surface area contributed by atoms with Crippen LogP contribution in [0.3, 0.4) is 0 Å². The summed E-state index contributed by atoms with van der Waals surface area (Å²) in [6.45, 7) is 7.23. The van der Waals surface area contributed by atoms with E-state index < -0.39 is 23.9 Å². The lowest BCUT2D eigenvalue weighted by Gasteiger charge is -2.35. The van der Waals surface area contributed by atoms with Crippen LogP contribution in [-0.4, -0.2) is 25.4 Å². The molecule has 0 fully saturated rings. The quantitative estimate of drug-likeness (QED) is 0.443. The first-order valence-corrected chi connectivity index (χ1v) is 8.79. The van der Waals surface area contributed by atoms with E-state index in [2.05, 4.69) is 0 Å². The van der Waals surface area contributed by atoms with Crippen molar-refractivity contribution in [3.05, 3.63) is 60.2 Å². The van der Waals surface area contributed by atoms with E-state index in [4.69, 9.17) is 9.47 Å². The fourth-order valence-corrected chi connectivity index (χ4v) is 2.90. The average Bonchev–Trinajstić information content (AvgIpc) is 2.60. The number of ether oxygens (including phenoxy) is 2. The topological polar surface area (TPSA) is 35.5 Å². The van der Waals surface area contributed by atoms with Gasteiger partial charge in [0.1, 0.15) is 6.10 Å². The van der Waals surface area contributed by atoms with E-state index >= 15 is 0 Å². The largest absolute Gasteiger partial charge is 0.459 e. The van der Waals surface area contributed by atoms with Gasteiger partial charge >= 0.3 is 12.1 Å². The molecule has 0 bridgehead atoms. The molecule has 0 spiro atoms. The van der Waals surface area contributed by atoms with E-state index in [1.54, 1.807) is 45.1 Å². The molecular weight excluding hydrogens is 357 g/mol. The van der Waals surface area contributed by atoms with Gasteiger partial charge in [-0.2, -0.15) is 13.2 Å². The van der Waals surface area contributed by atoms with Crippen LogP contribution < -0.4 is 0 Å². The minimum atomic E-state index is -4.98. The lowest BCUT2D eigenvalue weighted by Crippen LogP contribution is -2.53. The first-order chi connectivity index (χ1) is 12.6. The van der Waals surface area contributed by atoms with Crippen molar-refractivity contribution in [3.63, 3.8) is 0 Å². The van der Waals surface area contributed by atoms with E-state index in [1.807, 2.05) is 13.0 Å². The Hall–Kier alpha value is -2.08. The summed E-state index contributed by atoms with van der Waals surface area (Å²) in [5, 5.41) is 0. The van der Waals surface area contributed by atoms with Crippen molar-refractivity contribution in [2.45, 2.75) is 45.6 Å². The van der Waals surface area contributed by atoms with Crippen molar-refractivity contribution in [2.24, 2.45) is 11.8 Å². The molecule has 0 radical (unpaired) electrons. The number of carbonyl (C=O) groups excluding carboxylic acids is 1. The first kappa shape index (κ1) is 23.0. The number of esters is 1. The molecule has 0 N–H and O–H groups in total. The zero-order valence-corrected chi connectivity index (χ0v) is 16.3. The van der Waals surface area contributed by atoms with Crippen LogP contribution in [0.5, 0.6) is 0 Å². The van der Waals surface area contributed by atoms with Gasteiger partial charge in [0, 0.05) is 18.6 Å². The molecule has 0 heterocycles. The highest BCUT2D eigenvalue weighted by molar-refractivity contribution is 5.83. The highest BCUT2D eigenvalue weighted by Crippen LogP contribution is 2.43. The highest BCUT2D eigenvalue weighted by atomic mass is 19.4. The summed E-state index contributed by atoms with van der Waals surface area (Å²) in [5.41, 5.74) is -3.49. The Morgan fingerprint density at radius 3 is 2.11 bits per heavy atom. The highest BCUT2D eigenvalue weighted by Gasteiger charge is 2.64. The summed E-state index contributed by atoms with van der Waals surface area (Å²) in [7, 11) is 0.863. The Bertz CT molecular complexity index is 650.